The van der Waals surface area contributed by atoms with Gasteiger partial charge in [-0.15, -0.1) is 0 Å². The molecular formula is C28H33N5O10. The smallest absolute Gasteiger partial charge is 0.457 e. The molecule has 1 aliphatic heterocycles. The predicted octanol–water partition coefficient (Wildman–Crippen LogP) is 2.50. The Morgan fingerprint density at radius 2 is 2.02 bits per heavy atom. The fourth-order valence-electron chi connectivity index (χ4n) is 5.71. The van der Waals surface area contributed by atoms with E-state index in [2.05, 4.69) is 15.4 Å². The molecule has 2 aliphatic rings. The fraction of sp³-hybridized carbons (Fsp3) is 0.571. The van der Waals surface area contributed by atoms with E-state index in [0.29, 0.717) is 0 Å². The van der Waals surface area contributed by atoms with Crippen molar-refractivity contribution in [1.29, 1.82) is 5.26 Å². The lowest BCUT2D eigenvalue weighted by atomic mass is 9.87. The quantitative estimate of drug-likeness (QED) is 0.302. The summed E-state index contributed by atoms with van der Waals surface area (Å²) in [6.45, 7) is 2.57. The third kappa shape index (κ3) is 5.99. The SMILES string of the molecule is CC(C)c1oc(=O)oc1COC(=O)Nc1ncnn2c([C@]3(C#N)O[C@H](CO)[C@@H](OC(=O)CC4CCCCC4)[C@H]3O)ccc12. The molecule has 4 heterocycles. The number of anilines is 1. The van der Waals surface area contributed by atoms with Gasteiger partial charge in [-0.05, 0) is 30.9 Å². The highest BCUT2D eigenvalue weighted by atomic mass is 16.6. The van der Waals surface area contributed by atoms with Gasteiger partial charge in [0.05, 0.1) is 12.3 Å². The van der Waals surface area contributed by atoms with E-state index in [1.165, 1.54) is 16.6 Å². The van der Waals surface area contributed by atoms with E-state index >= 15 is 0 Å². The number of aromatic nitrogens is 3. The Kier molecular flexibility index (Phi) is 8.81. The lowest BCUT2D eigenvalue weighted by molar-refractivity contribution is -0.158. The van der Waals surface area contributed by atoms with E-state index in [1.807, 2.05) is 6.07 Å². The third-order valence-corrected chi connectivity index (χ3v) is 7.81. The van der Waals surface area contributed by atoms with Crippen LogP contribution in [-0.4, -0.2) is 61.8 Å². The molecule has 1 aliphatic carbocycles. The maximum Gasteiger partial charge on any atom is 0.519 e. The van der Waals surface area contributed by atoms with Crippen LogP contribution in [0.1, 0.15) is 75.5 Å². The van der Waals surface area contributed by atoms with E-state index in [1.54, 1.807) is 13.8 Å². The molecule has 3 N–H and O–H groups in total. The van der Waals surface area contributed by atoms with Gasteiger partial charge in [0.2, 0.25) is 5.60 Å². The van der Waals surface area contributed by atoms with Crippen molar-refractivity contribution in [2.45, 2.75) is 88.8 Å². The van der Waals surface area contributed by atoms with Gasteiger partial charge in [0.15, 0.2) is 30.0 Å². The molecule has 1 saturated heterocycles. The largest absolute Gasteiger partial charge is 0.519 e. The molecule has 4 atom stereocenters. The van der Waals surface area contributed by atoms with Gasteiger partial charge < -0.3 is 33.3 Å². The second-order valence-electron chi connectivity index (χ2n) is 11.0. The van der Waals surface area contributed by atoms with Gasteiger partial charge in [-0.25, -0.2) is 19.1 Å². The van der Waals surface area contributed by atoms with Crippen LogP contribution in [0.3, 0.4) is 0 Å². The number of fused-ring (bicyclic) bond motifs is 1. The number of nitrogens with zero attached hydrogens (tertiary/aromatic N) is 4. The van der Waals surface area contributed by atoms with Crippen LogP contribution in [-0.2, 0) is 31.2 Å². The number of rotatable bonds is 9. The maximum atomic E-state index is 12.8. The third-order valence-electron chi connectivity index (χ3n) is 7.81. The van der Waals surface area contributed by atoms with Crippen molar-refractivity contribution in [1.82, 2.24) is 14.6 Å². The van der Waals surface area contributed by atoms with Crippen LogP contribution < -0.4 is 11.1 Å². The highest BCUT2D eigenvalue weighted by Crippen LogP contribution is 2.42. The first-order valence-corrected chi connectivity index (χ1v) is 14.1. The number of hydrogen-bond donors (Lipinski definition) is 3. The molecule has 43 heavy (non-hydrogen) atoms. The molecule has 0 unspecified atom stereocenters. The Labute approximate surface area is 245 Å². The number of nitrogens with one attached hydrogen (secondary N) is 1. The molecule has 1 amide bonds. The summed E-state index contributed by atoms with van der Waals surface area (Å²) in [6.07, 6.45) is 1.27. The number of amides is 1. The zero-order valence-corrected chi connectivity index (χ0v) is 23.7. The summed E-state index contributed by atoms with van der Waals surface area (Å²) < 4.78 is 27.8. The molecule has 15 nitrogen and oxygen atoms in total. The number of ether oxygens (including phenoxy) is 3. The van der Waals surface area contributed by atoms with Crippen molar-refractivity contribution >= 4 is 23.4 Å². The summed E-state index contributed by atoms with van der Waals surface area (Å²) in [5.74, 6) is -1.10. The van der Waals surface area contributed by atoms with E-state index in [9.17, 15) is 29.9 Å². The van der Waals surface area contributed by atoms with Gasteiger partial charge in [0, 0.05) is 12.3 Å². The second kappa shape index (κ2) is 12.5. The van der Waals surface area contributed by atoms with Crippen molar-refractivity contribution in [2.24, 2.45) is 5.92 Å². The van der Waals surface area contributed by atoms with Crippen LogP contribution in [0.4, 0.5) is 10.6 Å². The summed E-state index contributed by atoms with van der Waals surface area (Å²) in [5, 5.41) is 38.2. The number of carbonyl (C=O) groups is 2. The van der Waals surface area contributed by atoms with Crippen molar-refractivity contribution in [3.05, 3.63) is 46.3 Å². The Balaban J connectivity index is 1.33. The Morgan fingerprint density at radius 1 is 1.26 bits per heavy atom. The zero-order chi connectivity index (χ0) is 30.7. The van der Waals surface area contributed by atoms with E-state index in [4.69, 9.17) is 23.0 Å². The van der Waals surface area contributed by atoms with E-state index in [0.717, 1.165) is 38.4 Å². The summed E-state index contributed by atoms with van der Waals surface area (Å²) >= 11 is 0. The monoisotopic (exact) mass is 599 g/mol. The first kappa shape index (κ1) is 30.2. The Morgan fingerprint density at radius 3 is 2.72 bits per heavy atom. The predicted molar refractivity (Wildman–Crippen MR) is 144 cm³/mol. The number of hydrogen-bond acceptors (Lipinski definition) is 13. The lowest BCUT2D eigenvalue weighted by Crippen LogP contribution is -2.43. The molecule has 1 saturated carbocycles. The van der Waals surface area contributed by atoms with Gasteiger partial charge in [-0.2, -0.15) is 10.4 Å². The van der Waals surface area contributed by atoms with Gasteiger partial charge in [-0.1, -0.05) is 33.1 Å². The second-order valence-corrected chi connectivity index (χ2v) is 11.0. The molecule has 3 aromatic heterocycles. The summed E-state index contributed by atoms with van der Waals surface area (Å²) in [6, 6.07) is 4.91. The minimum Gasteiger partial charge on any atom is -0.457 e. The first-order chi connectivity index (χ1) is 20.7. The fourth-order valence-corrected chi connectivity index (χ4v) is 5.71. The Hall–Kier alpha value is -4.26. The highest BCUT2D eigenvalue weighted by molar-refractivity contribution is 5.88. The molecule has 2 fully saturated rings. The summed E-state index contributed by atoms with van der Waals surface area (Å²) in [7, 11) is 0. The highest BCUT2D eigenvalue weighted by Gasteiger charge is 2.59. The molecule has 230 valence electrons. The van der Waals surface area contributed by atoms with Gasteiger partial charge in [-0.3, -0.25) is 10.1 Å². The van der Waals surface area contributed by atoms with Crippen LogP contribution in [0.2, 0.25) is 0 Å². The number of aliphatic hydroxyl groups is 2. The van der Waals surface area contributed by atoms with Crippen LogP contribution in [0.5, 0.6) is 0 Å². The van der Waals surface area contributed by atoms with Gasteiger partial charge in [0.25, 0.3) is 0 Å². The molecule has 0 aromatic carbocycles. The minimum atomic E-state index is -2.08. The van der Waals surface area contributed by atoms with E-state index < -0.39 is 48.4 Å². The molecule has 5 rings (SSSR count). The number of aliphatic hydroxyl groups excluding tert-OH is 2. The van der Waals surface area contributed by atoms with E-state index in [-0.39, 0.29) is 53.4 Å². The van der Waals surface area contributed by atoms with Crippen molar-refractivity contribution in [2.75, 3.05) is 11.9 Å². The van der Waals surface area contributed by atoms with Crippen LogP contribution in [0, 0.1) is 17.2 Å². The molecule has 15 heteroatoms. The van der Waals surface area contributed by atoms with Crippen LogP contribution >= 0.6 is 0 Å². The number of esters is 1. The topological polar surface area (TPSA) is 212 Å². The van der Waals surface area contributed by atoms with Crippen molar-refractivity contribution in [3.63, 3.8) is 0 Å². The standard InChI is InChI=1S/C28H33N5O10/c1-15(2)22-19(40-27(38)42-22)12-39-26(37)32-25-17-8-9-20(33(17)31-14-30-25)28(13-29)24(36)23(18(11-34)43-28)41-21(35)10-16-6-4-3-5-7-16/h8-9,14-16,18,23-24,34,36H,3-7,10-12H2,1-2H3,(H,30,31,32,37)/t18-,23-,24-,28+/m1/s1. The zero-order valence-electron chi connectivity index (χ0n) is 23.7. The van der Waals surface area contributed by atoms with Crippen molar-refractivity contribution < 1.29 is 42.8 Å². The summed E-state index contributed by atoms with van der Waals surface area (Å²) in [4.78, 5) is 40.9. The lowest BCUT2D eigenvalue weighted by Gasteiger charge is -2.25. The number of nitriles is 1. The first-order valence-electron chi connectivity index (χ1n) is 14.1. The average molecular weight is 600 g/mol. The summed E-state index contributed by atoms with van der Waals surface area (Å²) in [5.41, 5.74) is -1.80. The maximum absolute atomic E-state index is 12.8. The molecule has 0 spiro atoms. The Bertz CT molecular complexity index is 1570. The number of carbonyl (C=O) groups excluding carboxylic acids is 2. The molecular weight excluding hydrogens is 566 g/mol. The van der Waals surface area contributed by atoms with Gasteiger partial charge in [0.1, 0.15) is 30.1 Å². The van der Waals surface area contributed by atoms with Crippen molar-refractivity contribution in [3.8, 4) is 6.07 Å². The molecule has 0 bridgehead atoms. The van der Waals surface area contributed by atoms with Crippen LogP contribution in [0.25, 0.3) is 5.52 Å². The van der Waals surface area contributed by atoms with Gasteiger partial charge >= 0.3 is 17.9 Å². The minimum absolute atomic E-state index is 0.00118. The van der Waals surface area contributed by atoms with Crippen LogP contribution in [0.15, 0.2) is 32.1 Å². The normalized spacial score (nSPS) is 24.2. The molecule has 3 aromatic rings. The molecule has 0 radical (unpaired) electrons. The average Bonchev–Trinajstić information content (AvgIpc) is 3.67.